The molecular formula is C17H21N5O2. The minimum atomic E-state index is 0.304. The van der Waals surface area contributed by atoms with Gasteiger partial charge in [-0.05, 0) is 24.1 Å². The van der Waals surface area contributed by atoms with Crippen molar-refractivity contribution in [1.82, 2.24) is 19.8 Å². The minimum Gasteiger partial charge on any atom is -0.496 e. The van der Waals surface area contributed by atoms with Gasteiger partial charge in [0, 0.05) is 6.54 Å². The molecular weight excluding hydrogens is 306 g/mol. The molecule has 126 valence electrons. The van der Waals surface area contributed by atoms with Crippen molar-refractivity contribution in [3.63, 3.8) is 0 Å². The van der Waals surface area contributed by atoms with Gasteiger partial charge in [-0.25, -0.2) is 0 Å². The van der Waals surface area contributed by atoms with E-state index in [0.29, 0.717) is 18.1 Å². The average molecular weight is 327 g/mol. The zero-order valence-electron chi connectivity index (χ0n) is 14.3. The first kappa shape index (κ1) is 16.0. The lowest BCUT2D eigenvalue weighted by Crippen LogP contribution is -2.08. The molecule has 0 amide bonds. The van der Waals surface area contributed by atoms with Crippen LogP contribution >= 0.6 is 0 Å². The van der Waals surface area contributed by atoms with Gasteiger partial charge < -0.3 is 14.8 Å². The highest BCUT2D eigenvalue weighted by Crippen LogP contribution is 2.29. The summed E-state index contributed by atoms with van der Waals surface area (Å²) in [5.41, 5.74) is 3.48. The SMILES string of the molecule is COc1cccc(OC)c1CNc1cc(C(C)C)nn2cnnc12. The maximum Gasteiger partial charge on any atom is 0.200 e. The second kappa shape index (κ2) is 6.74. The van der Waals surface area contributed by atoms with Crippen LogP contribution in [0.3, 0.4) is 0 Å². The average Bonchev–Trinajstić information content (AvgIpc) is 3.07. The summed E-state index contributed by atoms with van der Waals surface area (Å²) < 4.78 is 12.6. The Bertz CT molecular complexity index is 822. The number of hydrogen-bond donors (Lipinski definition) is 1. The van der Waals surface area contributed by atoms with Crippen LogP contribution in [0.25, 0.3) is 5.65 Å². The standard InChI is InChI=1S/C17H21N5O2/c1-11(2)13-8-14(17-20-19-10-22(17)21-13)18-9-12-15(23-3)6-5-7-16(12)24-4/h5-8,10-11,18H,9H2,1-4H3. The van der Waals surface area contributed by atoms with Crippen molar-refractivity contribution in [3.05, 3.63) is 41.9 Å². The molecule has 0 saturated heterocycles. The van der Waals surface area contributed by atoms with Gasteiger partial charge in [-0.3, -0.25) is 0 Å². The monoisotopic (exact) mass is 327 g/mol. The van der Waals surface area contributed by atoms with E-state index in [4.69, 9.17) is 9.47 Å². The number of aromatic nitrogens is 4. The van der Waals surface area contributed by atoms with Crippen molar-refractivity contribution < 1.29 is 9.47 Å². The van der Waals surface area contributed by atoms with Gasteiger partial charge in [0.15, 0.2) is 0 Å². The molecule has 0 bridgehead atoms. The fourth-order valence-corrected chi connectivity index (χ4v) is 2.54. The summed E-state index contributed by atoms with van der Waals surface area (Å²) in [6, 6.07) is 7.74. The normalized spacial score (nSPS) is 11.0. The van der Waals surface area contributed by atoms with Gasteiger partial charge in [0.2, 0.25) is 5.65 Å². The predicted octanol–water partition coefficient (Wildman–Crippen LogP) is 2.88. The van der Waals surface area contributed by atoms with Crippen LogP contribution < -0.4 is 14.8 Å². The number of fused-ring (bicyclic) bond motifs is 1. The number of nitrogens with zero attached hydrogens (tertiary/aromatic N) is 4. The zero-order chi connectivity index (χ0) is 17.1. The summed E-state index contributed by atoms with van der Waals surface area (Å²) in [6.45, 7) is 4.74. The van der Waals surface area contributed by atoms with Crippen LogP contribution in [-0.2, 0) is 6.54 Å². The van der Waals surface area contributed by atoms with Gasteiger partial charge in [-0.2, -0.15) is 9.61 Å². The van der Waals surface area contributed by atoms with Crippen molar-refractivity contribution in [2.45, 2.75) is 26.3 Å². The second-order valence-corrected chi connectivity index (χ2v) is 5.73. The Morgan fingerprint density at radius 3 is 2.50 bits per heavy atom. The summed E-state index contributed by atoms with van der Waals surface area (Å²) in [5.74, 6) is 1.85. The minimum absolute atomic E-state index is 0.304. The Kier molecular flexibility index (Phi) is 4.50. The zero-order valence-corrected chi connectivity index (χ0v) is 14.3. The van der Waals surface area contributed by atoms with E-state index >= 15 is 0 Å². The molecule has 0 aliphatic carbocycles. The van der Waals surface area contributed by atoms with Gasteiger partial charge in [0.25, 0.3) is 0 Å². The van der Waals surface area contributed by atoms with E-state index < -0.39 is 0 Å². The summed E-state index contributed by atoms with van der Waals surface area (Å²) in [5, 5.41) is 16.0. The molecule has 0 aliphatic heterocycles. The molecule has 0 aliphatic rings. The van der Waals surface area contributed by atoms with E-state index in [9.17, 15) is 0 Å². The predicted molar refractivity (Wildman–Crippen MR) is 91.7 cm³/mol. The van der Waals surface area contributed by atoms with Gasteiger partial charge >= 0.3 is 0 Å². The molecule has 0 atom stereocenters. The van der Waals surface area contributed by atoms with Crippen LogP contribution in [0.4, 0.5) is 5.69 Å². The smallest absolute Gasteiger partial charge is 0.200 e. The largest absolute Gasteiger partial charge is 0.496 e. The van der Waals surface area contributed by atoms with Gasteiger partial charge in [0.05, 0.1) is 31.2 Å². The quantitative estimate of drug-likeness (QED) is 0.750. The van der Waals surface area contributed by atoms with E-state index in [1.807, 2.05) is 24.3 Å². The molecule has 7 heteroatoms. The van der Waals surface area contributed by atoms with Crippen LogP contribution in [-0.4, -0.2) is 34.0 Å². The van der Waals surface area contributed by atoms with Crippen LogP contribution in [0.2, 0.25) is 0 Å². The maximum atomic E-state index is 5.45. The molecule has 0 saturated carbocycles. The van der Waals surface area contributed by atoms with E-state index in [-0.39, 0.29) is 0 Å². The van der Waals surface area contributed by atoms with E-state index in [0.717, 1.165) is 28.4 Å². The second-order valence-electron chi connectivity index (χ2n) is 5.73. The number of methoxy groups -OCH3 is 2. The summed E-state index contributed by atoms with van der Waals surface area (Å²) in [4.78, 5) is 0. The molecule has 0 unspecified atom stereocenters. The number of benzene rings is 1. The Hall–Kier alpha value is -2.83. The van der Waals surface area contributed by atoms with Crippen molar-refractivity contribution in [2.75, 3.05) is 19.5 Å². The maximum absolute atomic E-state index is 5.45. The highest BCUT2D eigenvalue weighted by molar-refractivity contribution is 5.67. The summed E-state index contributed by atoms with van der Waals surface area (Å²) in [6.07, 6.45) is 1.61. The van der Waals surface area contributed by atoms with Crippen LogP contribution in [0.15, 0.2) is 30.6 Å². The lowest BCUT2D eigenvalue weighted by atomic mass is 10.1. The number of nitrogens with one attached hydrogen (secondary N) is 1. The van der Waals surface area contributed by atoms with Crippen LogP contribution in [0, 0.1) is 0 Å². The van der Waals surface area contributed by atoms with E-state index in [2.05, 4.69) is 34.5 Å². The summed E-state index contributed by atoms with van der Waals surface area (Å²) in [7, 11) is 3.30. The third kappa shape index (κ3) is 2.97. The Balaban J connectivity index is 1.95. The summed E-state index contributed by atoms with van der Waals surface area (Å²) >= 11 is 0. The Morgan fingerprint density at radius 2 is 1.88 bits per heavy atom. The van der Waals surface area contributed by atoms with Crippen molar-refractivity contribution in [1.29, 1.82) is 0 Å². The Labute approximate surface area is 140 Å². The molecule has 3 rings (SSSR count). The molecule has 1 aromatic carbocycles. The highest BCUT2D eigenvalue weighted by atomic mass is 16.5. The molecule has 0 radical (unpaired) electrons. The number of rotatable bonds is 6. The molecule has 2 heterocycles. The first-order chi connectivity index (χ1) is 11.6. The molecule has 2 aromatic heterocycles. The van der Waals surface area contributed by atoms with Crippen LogP contribution in [0.1, 0.15) is 31.0 Å². The lowest BCUT2D eigenvalue weighted by Gasteiger charge is -2.15. The third-order valence-electron chi connectivity index (χ3n) is 3.86. The number of hydrogen-bond acceptors (Lipinski definition) is 6. The highest BCUT2D eigenvalue weighted by Gasteiger charge is 2.13. The molecule has 7 nitrogen and oxygen atoms in total. The fourth-order valence-electron chi connectivity index (χ4n) is 2.54. The molecule has 3 aromatic rings. The van der Waals surface area contributed by atoms with E-state index in [1.54, 1.807) is 25.1 Å². The molecule has 1 N–H and O–H groups in total. The Morgan fingerprint density at radius 1 is 1.17 bits per heavy atom. The van der Waals surface area contributed by atoms with Crippen molar-refractivity contribution >= 4 is 11.3 Å². The third-order valence-corrected chi connectivity index (χ3v) is 3.86. The van der Waals surface area contributed by atoms with Gasteiger partial charge in [0.1, 0.15) is 17.8 Å². The van der Waals surface area contributed by atoms with Crippen molar-refractivity contribution in [2.24, 2.45) is 0 Å². The van der Waals surface area contributed by atoms with Gasteiger partial charge in [-0.1, -0.05) is 19.9 Å². The fraction of sp³-hybridized carbons (Fsp3) is 0.353. The van der Waals surface area contributed by atoms with E-state index in [1.165, 1.54) is 0 Å². The van der Waals surface area contributed by atoms with Crippen LogP contribution in [0.5, 0.6) is 11.5 Å². The van der Waals surface area contributed by atoms with Crippen molar-refractivity contribution in [3.8, 4) is 11.5 Å². The first-order valence-corrected chi connectivity index (χ1v) is 7.78. The molecule has 0 spiro atoms. The number of anilines is 1. The first-order valence-electron chi connectivity index (χ1n) is 7.78. The van der Waals surface area contributed by atoms with Gasteiger partial charge in [-0.15, -0.1) is 10.2 Å². The topological polar surface area (TPSA) is 73.6 Å². The lowest BCUT2D eigenvalue weighted by molar-refractivity contribution is 0.386. The molecule has 0 fully saturated rings. The number of ether oxygens (including phenoxy) is 2. The molecule has 24 heavy (non-hydrogen) atoms.